The molecular weight excluding hydrogens is 307 g/mol. The van der Waals surface area contributed by atoms with Crippen LogP contribution < -0.4 is 5.32 Å². The Balaban J connectivity index is 2.00. The predicted molar refractivity (Wildman–Crippen MR) is 77.2 cm³/mol. The Kier molecular flexibility index (Phi) is 4.53. The van der Waals surface area contributed by atoms with Crippen molar-refractivity contribution in [2.45, 2.75) is 13.0 Å². The first-order chi connectivity index (χ1) is 9.17. The molecule has 2 rings (SSSR count). The highest BCUT2D eigenvalue weighted by Gasteiger charge is 2.00. The third-order valence-corrected chi connectivity index (χ3v) is 3.11. The highest BCUT2D eigenvalue weighted by atomic mass is 79.9. The average Bonchev–Trinajstić information content (AvgIpc) is 2.37. The summed E-state index contributed by atoms with van der Waals surface area (Å²) in [5.74, 6) is -0.254. The fourth-order valence-corrected chi connectivity index (χ4v) is 2.26. The number of halogens is 2. The fraction of sp³-hybridized carbons (Fsp3) is 0.133. The van der Waals surface area contributed by atoms with Gasteiger partial charge in [-0.1, -0.05) is 28.1 Å². The molecule has 0 aromatic heterocycles. The molecule has 0 aliphatic heterocycles. The van der Waals surface area contributed by atoms with Gasteiger partial charge in [0, 0.05) is 16.7 Å². The van der Waals surface area contributed by atoms with Crippen LogP contribution in [0.2, 0.25) is 0 Å². The zero-order valence-electron chi connectivity index (χ0n) is 10.2. The zero-order chi connectivity index (χ0) is 13.7. The van der Waals surface area contributed by atoms with Gasteiger partial charge in [-0.3, -0.25) is 0 Å². The van der Waals surface area contributed by atoms with Gasteiger partial charge in [0.1, 0.15) is 5.82 Å². The quantitative estimate of drug-likeness (QED) is 0.914. The van der Waals surface area contributed by atoms with Crippen molar-refractivity contribution in [2.75, 3.05) is 5.32 Å². The van der Waals surface area contributed by atoms with Crippen molar-refractivity contribution in [3.63, 3.8) is 0 Å². The molecule has 0 aliphatic carbocycles. The molecule has 0 fully saturated rings. The molecule has 2 aromatic rings. The number of benzene rings is 2. The Bertz CT molecular complexity index is 582. The summed E-state index contributed by atoms with van der Waals surface area (Å²) < 4.78 is 13.9. The van der Waals surface area contributed by atoms with Gasteiger partial charge in [-0.2, -0.15) is 5.26 Å². The number of hydrogen-bond acceptors (Lipinski definition) is 2. The smallest absolute Gasteiger partial charge is 0.124 e. The molecule has 0 radical (unpaired) electrons. The van der Waals surface area contributed by atoms with Crippen LogP contribution in [0.5, 0.6) is 0 Å². The highest BCUT2D eigenvalue weighted by Crippen LogP contribution is 2.17. The summed E-state index contributed by atoms with van der Waals surface area (Å²) in [4.78, 5) is 0. The fourth-order valence-electron chi connectivity index (χ4n) is 1.75. The molecule has 2 aromatic carbocycles. The van der Waals surface area contributed by atoms with E-state index in [4.69, 9.17) is 5.26 Å². The van der Waals surface area contributed by atoms with Crippen molar-refractivity contribution < 1.29 is 4.39 Å². The summed E-state index contributed by atoms with van der Waals surface area (Å²) in [5, 5.41) is 11.8. The van der Waals surface area contributed by atoms with E-state index in [2.05, 4.69) is 27.3 Å². The molecule has 0 amide bonds. The minimum Gasteiger partial charge on any atom is -0.381 e. The Hall–Kier alpha value is -1.86. The second kappa shape index (κ2) is 6.35. The number of anilines is 1. The lowest BCUT2D eigenvalue weighted by Gasteiger charge is -2.07. The van der Waals surface area contributed by atoms with Gasteiger partial charge in [0.25, 0.3) is 0 Å². The second-order valence-corrected chi connectivity index (χ2v) is 5.08. The van der Waals surface area contributed by atoms with Crippen molar-refractivity contribution in [3.05, 3.63) is 63.9 Å². The molecule has 0 unspecified atom stereocenters. The Morgan fingerprint density at radius 3 is 2.47 bits per heavy atom. The Morgan fingerprint density at radius 2 is 1.84 bits per heavy atom. The summed E-state index contributed by atoms with van der Waals surface area (Å²) in [6.45, 7) is 0.550. The molecule has 0 saturated carbocycles. The predicted octanol–water partition coefficient (Wildman–Crippen LogP) is 4.27. The van der Waals surface area contributed by atoms with Gasteiger partial charge in [0.2, 0.25) is 0 Å². The first kappa shape index (κ1) is 13.6. The van der Waals surface area contributed by atoms with Gasteiger partial charge in [-0.25, -0.2) is 4.39 Å². The Morgan fingerprint density at radius 1 is 1.11 bits per heavy atom. The molecule has 2 nitrogen and oxygen atoms in total. The van der Waals surface area contributed by atoms with Crippen molar-refractivity contribution >= 4 is 21.6 Å². The zero-order valence-corrected chi connectivity index (χ0v) is 11.7. The highest BCUT2D eigenvalue weighted by molar-refractivity contribution is 9.10. The summed E-state index contributed by atoms with van der Waals surface area (Å²) >= 11 is 3.27. The third-order valence-electron chi connectivity index (χ3n) is 2.66. The van der Waals surface area contributed by atoms with E-state index in [1.54, 1.807) is 0 Å². The van der Waals surface area contributed by atoms with E-state index in [0.29, 0.717) is 13.0 Å². The van der Waals surface area contributed by atoms with Gasteiger partial charge < -0.3 is 5.32 Å². The van der Waals surface area contributed by atoms with E-state index in [1.165, 1.54) is 12.1 Å². The van der Waals surface area contributed by atoms with E-state index in [-0.39, 0.29) is 5.82 Å². The minimum atomic E-state index is -0.254. The van der Waals surface area contributed by atoms with Crippen LogP contribution in [0.25, 0.3) is 0 Å². The van der Waals surface area contributed by atoms with Crippen molar-refractivity contribution in [1.29, 1.82) is 5.26 Å². The molecule has 4 heteroatoms. The summed E-state index contributed by atoms with van der Waals surface area (Å²) in [6, 6.07) is 14.6. The molecule has 0 bridgehead atoms. The lowest BCUT2D eigenvalue weighted by Crippen LogP contribution is -2.00. The minimum absolute atomic E-state index is 0.254. The van der Waals surface area contributed by atoms with E-state index in [0.717, 1.165) is 21.3 Å². The third kappa shape index (κ3) is 4.08. The van der Waals surface area contributed by atoms with Gasteiger partial charge in [-0.05, 0) is 41.5 Å². The molecule has 0 saturated heterocycles. The number of rotatable bonds is 4. The van der Waals surface area contributed by atoms with Gasteiger partial charge in [0.15, 0.2) is 0 Å². The van der Waals surface area contributed by atoms with E-state index < -0.39 is 0 Å². The van der Waals surface area contributed by atoms with Gasteiger partial charge >= 0.3 is 0 Å². The van der Waals surface area contributed by atoms with Crippen LogP contribution in [0.3, 0.4) is 0 Å². The van der Waals surface area contributed by atoms with Gasteiger partial charge in [0.05, 0.1) is 12.5 Å². The topological polar surface area (TPSA) is 35.8 Å². The second-order valence-electron chi connectivity index (χ2n) is 4.16. The molecular formula is C15H12BrFN2. The molecule has 0 atom stereocenters. The van der Waals surface area contributed by atoms with Crippen LogP contribution in [-0.4, -0.2) is 0 Å². The average molecular weight is 319 g/mol. The largest absolute Gasteiger partial charge is 0.381 e. The molecule has 0 heterocycles. The number of nitrogens with one attached hydrogen (secondary N) is 1. The molecule has 0 spiro atoms. The maximum Gasteiger partial charge on any atom is 0.124 e. The summed E-state index contributed by atoms with van der Waals surface area (Å²) in [6.07, 6.45) is 0.414. The summed E-state index contributed by atoms with van der Waals surface area (Å²) in [7, 11) is 0. The first-order valence-electron chi connectivity index (χ1n) is 5.82. The van der Waals surface area contributed by atoms with Crippen LogP contribution in [0.4, 0.5) is 10.1 Å². The van der Waals surface area contributed by atoms with Gasteiger partial charge in [-0.15, -0.1) is 0 Å². The number of nitrogens with zero attached hydrogens (tertiary/aromatic N) is 1. The van der Waals surface area contributed by atoms with Crippen LogP contribution >= 0.6 is 15.9 Å². The SMILES string of the molecule is N#CCc1ccc(NCc2cc(F)cc(Br)c2)cc1. The summed E-state index contributed by atoms with van der Waals surface area (Å²) in [5.41, 5.74) is 2.80. The number of nitriles is 1. The normalized spacial score (nSPS) is 9.95. The maximum atomic E-state index is 13.2. The van der Waals surface area contributed by atoms with E-state index in [9.17, 15) is 4.39 Å². The van der Waals surface area contributed by atoms with Crippen LogP contribution in [0.1, 0.15) is 11.1 Å². The Labute approximate surface area is 120 Å². The standard InChI is InChI=1S/C15H12BrFN2/c16-13-7-12(8-14(17)9-13)10-19-15-3-1-11(2-4-15)5-6-18/h1-4,7-9,19H,5,10H2. The maximum absolute atomic E-state index is 13.2. The monoisotopic (exact) mass is 318 g/mol. The van der Waals surface area contributed by atoms with E-state index >= 15 is 0 Å². The molecule has 1 N–H and O–H groups in total. The lowest BCUT2D eigenvalue weighted by atomic mass is 10.1. The van der Waals surface area contributed by atoms with Crippen molar-refractivity contribution in [1.82, 2.24) is 0 Å². The van der Waals surface area contributed by atoms with Crippen molar-refractivity contribution in [3.8, 4) is 6.07 Å². The van der Waals surface area contributed by atoms with Crippen LogP contribution in [0.15, 0.2) is 46.9 Å². The number of hydrogen-bond donors (Lipinski definition) is 1. The lowest BCUT2D eigenvalue weighted by molar-refractivity contribution is 0.625. The first-order valence-corrected chi connectivity index (χ1v) is 6.61. The van der Waals surface area contributed by atoms with E-state index in [1.807, 2.05) is 30.3 Å². The van der Waals surface area contributed by atoms with Crippen molar-refractivity contribution in [2.24, 2.45) is 0 Å². The van der Waals surface area contributed by atoms with Crippen LogP contribution in [-0.2, 0) is 13.0 Å². The van der Waals surface area contributed by atoms with Crippen LogP contribution in [0, 0.1) is 17.1 Å². The molecule has 96 valence electrons. The molecule has 0 aliphatic rings. The molecule has 19 heavy (non-hydrogen) atoms.